The molecular weight excluding hydrogens is 316 g/mol. The number of hydrogen-bond donors (Lipinski definition) is 1. The standard InChI is InChI=1S/C20H24N2O3/c1-24-18-9-5-8-17(14-18)20(23)21-15-19(16-6-3-2-4-7-16)22-10-12-25-13-11-22/h2-9,14,19H,10-13,15H2,1H3,(H,21,23)/t19-/m0/s1. The minimum absolute atomic E-state index is 0.0897. The van der Waals surface area contributed by atoms with Crippen molar-refractivity contribution in [2.45, 2.75) is 6.04 Å². The summed E-state index contributed by atoms with van der Waals surface area (Å²) in [4.78, 5) is 14.9. The second-order valence-electron chi connectivity index (χ2n) is 6.02. The zero-order chi connectivity index (χ0) is 17.5. The van der Waals surface area contributed by atoms with Crippen LogP contribution < -0.4 is 10.1 Å². The molecule has 1 aliphatic rings. The van der Waals surface area contributed by atoms with Crippen molar-refractivity contribution >= 4 is 5.91 Å². The number of methoxy groups -OCH3 is 1. The summed E-state index contributed by atoms with van der Waals surface area (Å²) in [5, 5.41) is 3.07. The lowest BCUT2D eigenvalue weighted by Gasteiger charge is -2.35. The van der Waals surface area contributed by atoms with Crippen LogP contribution in [-0.2, 0) is 4.74 Å². The number of rotatable bonds is 6. The smallest absolute Gasteiger partial charge is 0.251 e. The summed E-state index contributed by atoms with van der Waals surface area (Å²) < 4.78 is 10.7. The molecule has 0 aliphatic carbocycles. The number of benzene rings is 2. The van der Waals surface area contributed by atoms with Crippen LogP contribution in [0.2, 0.25) is 0 Å². The molecule has 25 heavy (non-hydrogen) atoms. The predicted octanol–water partition coefficient (Wildman–Crippen LogP) is 2.50. The summed E-state index contributed by atoms with van der Waals surface area (Å²) in [5.74, 6) is 0.591. The van der Waals surface area contributed by atoms with E-state index in [0.717, 1.165) is 26.3 Å². The van der Waals surface area contributed by atoms with Crippen molar-refractivity contribution in [3.63, 3.8) is 0 Å². The van der Waals surface area contributed by atoms with E-state index in [1.807, 2.05) is 30.3 Å². The molecule has 1 fully saturated rings. The zero-order valence-corrected chi connectivity index (χ0v) is 14.5. The summed E-state index contributed by atoms with van der Waals surface area (Å²) >= 11 is 0. The fourth-order valence-corrected chi connectivity index (χ4v) is 3.08. The molecule has 2 aromatic carbocycles. The van der Waals surface area contributed by atoms with Crippen LogP contribution in [0.4, 0.5) is 0 Å². The maximum absolute atomic E-state index is 12.5. The molecule has 3 rings (SSSR count). The van der Waals surface area contributed by atoms with Gasteiger partial charge in [-0.3, -0.25) is 9.69 Å². The van der Waals surface area contributed by atoms with Crippen LogP contribution in [0.25, 0.3) is 0 Å². The Bertz CT molecular complexity index is 684. The van der Waals surface area contributed by atoms with Gasteiger partial charge in [0.1, 0.15) is 5.75 Å². The van der Waals surface area contributed by atoms with E-state index in [1.165, 1.54) is 5.56 Å². The summed E-state index contributed by atoms with van der Waals surface area (Å²) in [6.07, 6.45) is 0. The molecule has 0 spiro atoms. The molecule has 1 N–H and O–H groups in total. The second kappa shape index (κ2) is 8.65. The Kier molecular flexibility index (Phi) is 6.04. The Labute approximate surface area is 148 Å². The van der Waals surface area contributed by atoms with E-state index in [9.17, 15) is 4.79 Å². The third-order valence-electron chi connectivity index (χ3n) is 4.46. The Hall–Kier alpha value is -2.37. The zero-order valence-electron chi connectivity index (χ0n) is 14.5. The maximum Gasteiger partial charge on any atom is 0.251 e. The molecule has 1 amide bonds. The van der Waals surface area contributed by atoms with Gasteiger partial charge in [0.25, 0.3) is 5.91 Å². The Balaban J connectivity index is 1.70. The average Bonchev–Trinajstić information content (AvgIpc) is 2.69. The normalized spacial score (nSPS) is 16.2. The molecule has 2 aromatic rings. The highest BCUT2D eigenvalue weighted by Crippen LogP contribution is 2.21. The Morgan fingerprint density at radius 2 is 1.92 bits per heavy atom. The molecule has 0 bridgehead atoms. The Morgan fingerprint density at radius 3 is 2.64 bits per heavy atom. The molecule has 1 aliphatic heterocycles. The van der Waals surface area contributed by atoms with Gasteiger partial charge in [0.05, 0.1) is 26.4 Å². The molecule has 5 nitrogen and oxygen atoms in total. The third kappa shape index (κ3) is 4.59. The van der Waals surface area contributed by atoms with Gasteiger partial charge in [0.2, 0.25) is 0 Å². The van der Waals surface area contributed by atoms with Crippen LogP contribution in [-0.4, -0.2) is 50.8 Å². The molecule has 1 saturated heterocycles. The Morgan fingerprint density at radius 1 is 1.16 bits per heavy atom. The number of hydrogen-bond acceptors (Lipinski definition) is 4. The summed E-state index contributed by atoms with van der Waals surface area (Å²) in [7, 11) is 1.60. The van der Waals surface area contributed by atoms with Gasteiger partial charge in [-0.25, -0.2) is 0 Å². The van der Waals surface area contributed by atoms with E-state index in [2.05, 4.69) is 22.3 Å². The van der Waals surface area contributed by atoms with Crippen LogP contribution in [0.3, 0.4) is 0 Å². The minimum Gasteiger partial charge on any atom is -0.497 e. The lowest BCUT2D eigenvalue weighted by atomic mass is 10.0. The second-order valence-corrected chi connectivity index (χ2v) is 6.02. The number of morpholine rings is 1. The van der Waals surface area contributed by atoms with Crippen molar-refractivity contribution in [3.8, 4) is 5.75 Å². The van der Waals surface area contributed by atoms with Crippen molar-refractivity contribution in [2.24, 2.45) is 0 Å². The molecular formula is C20H24N2O3. The molecule has 0 radical (unpaired) electrons. The molecule has 0 aromatic heterocycles. The first-order valence-electron chi connectivity index (χ1n) is 8.57. The number of nitrogens with zero attached hydrogens (tertiary/aromatic N) is 1. The van der Waals surface area contributed by atoms with E-state index in [1.54, 1.807) is 19.2 Å². The first-order chi connectivity index (χ1) is 12.3. The first kappa shape index (κ1) is 17.5. The van der Waals surface area contributed by atoms with Gasteiger partial charge in [0.15, 0.2) is 0 Å². The maximum atomic E-state index is 12.5. The molecule has 5 heteroatoms. The number of nitrogens with one attached hydrogen (secondary N) is 1. The number of carbonyl (C=O) groups excluding carboxylic acids is 1. The third-order valence-corrected chi connectivity index (χ3v) is 4.46. The quantitative estimate of drug-likeness (QED) is 0.878. The molecule has 0 saturated carbocycles. The highest BCUT2D eigenvalue weighted by atomic mass is 16.5. The molecule has 1 atom stereocenters. The van der Waals surface area contributed by atoms with Crippen LogP contribution in [0.1, 0.15) is 22.0 Å². The van der Waals surface area contributed by atoms with E-state index in [4.69, 9.17) is 9.47 Å². The van der Waals surface area contributed by atoms with E-state index in [-0.39, 0.29) is 11.9 Å². The van der Waals surface area contributed by atoms with Gasteiger partial charge >= 0.3 is 0 Å². The highest BCUT2D eigenvalue weighted by molar-refractivity contribution is 5.94. The number of ether oxygens (including phenoxy) is 2. The van der Waals surface area contributed by atoms with E-state index < -0.39 is 0 Å². The molecule has 132 valence electrons. The van der Waals surface area contributed by atoms with Crippen LogP contribution >= 0.6 is 0 Å². The monoisotopic (exact) mass is 340 g/mol. The van der Waals surface area contributed by atoms with Crippen molar-refractivity contribution in [1.29, 1.82) is 0 Å². The summed E-state index contributed by atoms with van der Waals surface area (Å²) in [6, 6.07) is 17.6. The van der Waals surface area contributed by atoms with Crippen LogP contribution in [0.15, 0.2) is 54.6 Å². The SMILES string of the molecule is COc1cccc(C(=O)NC[C@@H](c2ccccc2)N2CCOCC2)c1. The average molecular weight is 340 g/mol. The van der Waals surface area contributed by atoms with E-state index in [0.29, 0.717) is 17.9 Å². The highest BCUT2D eigenvalue weighted by Gasteiger charge is 2.23. The molecule has 0 unspecified atom stereocenters. The van der Waals surface area contributed by atoms with E-state index >= 15 is 0 Å². The van der Waals surface area contributed by atoms with Gasteiger partial charge in [-0.05, 0) is 23.8 Å². The van der Waals surface area contributed by atoms with Crippen LogP contribution in [0, 0.1) is 0 Å². The van der Waals surface area contributed by atoms with Crippen molar-refractivity contribution in [3.05, 3.63) is 65.7 Å². The topological polar surface area (TPSA) is 50.8 Å². The van der Waals surface area contributed by atoms with Crippen molar-refractivity contribution in [2.75, 3.05) is 40.0 Å². The predicted molar refractivity (Wildman–Crippen MR) is 96.9 cm³/mol. The van der Waals surface area contributed by atoms with Gasteiger partial charge in [0, 0.05) is 25.2 Å². The van der Waals surface area contributed by atoms with Crippen LogP contribution in [0.5, 0.6) is 5.75 Å². The number of amides is 1. The summed E-state index contributed by atoms with van der Waals surface area (Å²) in [5.41, 5.74) is 1.81. The van der Waals surface area contributed by atoms with Gasteiger partial charge in [-0.15, -0.1) is 0 Å². The van der Waals surface area contributed by atoms with Gasteiger partial charge in [-0.2, -0.15) is 0 Å². The fraction of sp³-hybridized carbons (Fsp3) is 0.350. The lowest BCUT2D eigenvalue weighted by molar-refractivity contribution is 0.0162. The van der Waals surface area contributed by atoms with Gasteiger partial charge in [-0.1, -0.05) is 36.4 Å². The van der Waals surface area contributed by atoms with Crippen molar-refractivity contribution in [1.82, 2.24) is 10.2 Å². The largest absolute Gasteiger partial charge is 0.497 e. The number of carbonyl (C=O) groups is 1. The van der Waals surface area contributed by atoms with Crippen molar-refractivity contribution < 1.29 is 14.3 Å². The lowest BCUT2D eigenvalue weighted by Crippen LogP contribution is -2.43. The summed E-state index contributed by atoms with van der Waals surface area (Å²) in [6.45, 7) is 3.75. The minimum atomic E-state index is -0.0897. The fourth-order valence-electron chi connectivity index (χ4n) is 3.08. The van der Waals surface area contributed by atoms with Gasteiger partial charge < -0.3 is 14.8 Å². The first-order valence-corrected chi connectivity index (χ1v) is 8.57. The molecule has 1 heterocycles.